The second-order valence-corrected chi connectivity index (χ2v) is 13.0. The Morgan fingerprint density at radius 3 is 1.97 bits per heavy atom. The predicted molar refractivity (Wildman–Crippen MR) is 129 cm³/mol. The molecule has 1 amide bonds. The summed E-state index contributed by atoms with van der Waals surface area (Å²) in [5, 5.41) is 12.1. The highest BCUT2D eigenvalue weighted by Crippen LogP contribution is 2.50. The maximum atomic E-state index is 13.0. The fourth-order valence-electron chi connectivity index (χ4n) is 6.49. The van der Waals surface area contributed by atoms with E-state index in [1.54, 1.807) is 0 Å². The molecule has 0 radical (unpaired) electrons. The summed E-state index contributed by atoms with van der Waals surface area (Å²) in [5.41, 5.74) is 3.94. The van der Waals surface area contributed by atoms with Gasteiger partial charge in [-0.1, -0.05) is 39.8 Å². The van der Waals surface area contributed by atoms with Gasteiger partial charge >= 0.3 is 6.09 Å². The van der Waals surface area contributed by atoms with Gasteiger partial charge in [-0.05, 0) is 92.9 Å². The van der Waals surface area contributed by atoms with Crippen molar-refractivity contribution in [3.05, 3.63) is 34.4 Å². The second kappa shape index (κ2) is 7.48. The summed E-state index contributed by atoms with van der Waals surface area (Å²) in [6.07, 6.45) is 6.27. The third-order valence-corrected chi connectivity index (χ3v) is 8.31. The van der Waals surface area contributed by atoms with E-state index in [9.17, 15) is 9.90 Å². The number of aryl methyl sites for hydroxylation is 1. The van der Waals surface area contributed by atoms with Crippen LogP contribution >= 0.6 is 0 Å². The van der Waals surface area contributed by atoms with Gasteiger partial charge in [0.05, 0.1) is 5.60 Å². The Balaban J connectivity index is 1.71. The SMILES string of the molecule is Cc1cc2c(cc1C1(O)CC3CCCC(C1)N3C(=O)OC(C)(C)C)C(C)(C)CCC2(C)C. The lowest BCUT2D eigenvalue weighted by atomic mass is 9.61. The fourth-order valence-corrected chi connectivity index (χ4v) is 6.49. The molecule has 0 saturated carbocycles. The summed E-state index contributed by atoms with van der Waals surface area (Å²) < 4.78 is 5.74. The van der Waals surface area contributed by atoms with E-state index in [0.717, 1.165) is 31.2 Å². The number of benzene rings is 1. The summed E-state index contributed by atoms with van der Waals surface area (Å²) in [4.78, 5) is 15.0. The van der Waals surface area contributed by atoms with E-state index < -0.39 is 11.2 Å². The standard InChI is InChI=1S/C28H43NO3/c1-18-14-22-23(27(7,8)13-12-26(22,5)6)15-21(18)28(31)16-19-10-9-11-20(17-28)29(19)24(30)32-25(2,3)4/h14-15,19-20,31H,9-13,16-17H2,1-8H3. The van der Waals surface area contributed by atoms with Crippen LogP contribution in [-0.4, -0.2) is 33.8 Å². The summed E-state index contributed by atoms with van der Waals surface area (Å²) in [5.74, 6) is 0. The van der Waals surface area contributed by atoms with E-state index in [1.807, 2.05) is 25.7 Å². The van der Waals surface area contributed by atoms with Gasteiger partial charge in [0.25, 0.3) is 0 Å². The van der Waals surface area contributed by atoms with E-state index >= 15 is 0 Å². The highest BCUT2D eigenvalue weighted by molar-refractivity contribution is 5.69. The van der Waals surface area contributed by atoms with Crippen LogP contribution in [0.15, 0.2) is 12.1 Å². The molecule has 2 heterocycles. The predicted octanol–water partition coefficient (Wildman–Crippen LogP) is 6.48. The first-order chi connectivity index (χ1) is 14.6. The zero-order valence-electron chi connectivity index (χ0n) is 21.5. The lowest BCUT2D eigenvalue weighted by Crippen LogP contribution is -2.59. The number of hydrogen-bond donors (Lipinski definition) is 1. The largest absolute Gasteiger partial charge is 0.444 e. The lowest BCUT2D eigenvalue weighted by Gasteiger charge is -2.52. The van der Waals surface area contributed by atoms with Gasteiger partial charge in [-0.25, -0.2) is 4.79 Å². The number of carbonyl (C=O) groups excluding carboxylic acids is 1. The highest BCUT2D eigenvalue weighted by atomic mass is 16.6. The van der Waals surface area contributed by atoms with Crippen LogP contribution in [0.1, 0.15) is 116 Å². The number of rotatable bonds is 1. The quantitative estimate of drug-likeness (QED) is 0.542. The molecule has 2 unspecified atom stereocenters. The van der Waals surface area contributed by atoms with Crippen LogP contribution in [-0.2, 0) is 21.2 Å². The van der Waals surface area contributed by atoms with Crippen molar-refractivity contribution in [2.75, 3.05) is 0 Å². The third kappa shape index (κ3) is 4.08. The van der Waals surface area contributed by atoms with Crippen LogP contribution in [0.25, 0.3) is 0 Å². The normalized spacial score (nSPS) is 31.1. The molecule has 2 saturated heterocycles. The molecule has 1 aliphatic carbocycles. The Hall–Kier alpha value is -1.55. The van der Waals surface area contributed by atoms with Crippen LogP contribution < -0.4 is 0 Å². The number of piperidine rings is 2. The first-order valence-electron chi connectivity index (χ1n) is 12.5. The molecule has 32 heavy (non-hydrogen) atoms. The molecule has 178 valence electrons. The molecule has 1 N–H and O–H groups in total. The van der Waals surface area contributed by atoms with Gasteiger partial charge in [-0.2, -0.15) is 0 Å². The van der Waals surface area contributed by atoms with Crippen LogP contribution in [0.2, 0.25) is 0 Å². The summed E-state index contributed by atoms with van der Waals surface area (Å²) in [6, 6.07) is 4.73. The molecule has 2 atom stereocenters. The van der Waals surface area contributed by atoms with E-state index in [4.69, 9.17) is 4.74 Å². The van der Waals surface area contributed by atoms with Gasteiger partial charge in [0.2, 0.25) is 0 Å². The Morgan fingerprint density at radius 1 is 0.969 bits per heavy atom. The number of amides is 1. The fraction of sp³-hybridized carbons (Fsp3) is 0.750. The van der Waals surface area contributed by atoms with Gasteiger partial charge in [-0.3, -0.25) is 0 Å². The molecule has 3 aliphatic rings. The molecule has 1 aromatic rings. The van der Waals surface area contributed by atoms with Crippen molar-refractivity contribution < 1.29 is 14.6 Å². The first-order valence-corrected chi connectivity index (χ1v) is 12.5. The number of nitrogens with zero attached hydrogens (tertiary/aromatic N) is 1. The van der Waals surface area contributed by atoms with E-state index in [-0.39, 0.29) is 29.0 Å². The monoisotopic (exact) mass is 441 g/mol. The van der Waals surface area contributed by atoms with Crippen molar-refractivity contribution in [1.29, 1.82) is 0 Å². The maximum absolute atomic E-state index is 13.0. The average Bonchev–Trinajstić information content (AvgIpc) is 2.63. The summed E-state index contributed by atoms with van der Waals surface area (Å²) in [7, 11) is 0. The zero-order chi connectivity index (χ0) is 23.7. The number of hydrogen-bond acceptors (Lipinski definition) is 3. The Morgan fingerprint density at radius 2 is 1.47 bits per heavy atom. The molecule has 0 aromatic heterocycles. The Bertz CT molecular complexity index is 894. The molecule has 0 spiro atoms. The third-order valence-electron chi connectivity index (χ3n) is 8.31. The molecular weight excluding hydrogens is 398 g/mol. The second-order valence-electron chi connectivity index (χ2n) is 13.0. The van der Waals surface area contributed by atoms with E-state index in [0.29, 0.717) is 12.8 Å². The summed E-state index contributed by atoms with van der Waals surface area (Å²) >= 11 is 0. The van der Waals surface area contributed by atoms with E-state index in [1.165, 1.54) is 23.1 Å². The molecule has 2 fully saturated rings. The maximum Gasteiger partial charge on any atom is 0.410 e. The van der Waals surface area contributed by atoms with Crippen LogP contribution in [0.4, 0.5) is 4.79 Å². The number of fused-ring (bicyclic) bond motifs is 3. The average molecular weight is 442 g/mol. The van der Waals surface area contributed by atoms with Crippen molar-refractivity contribution >= 4 is 6.09 Å². The molecular formula is C28H43NO3. The molecule has 4 nitrogen and oxygen atoms in total. The van der Waals surface area contributed by atoms with Crippen molar-refractivity contribution in [2.24, 2.45) is 0 Å². The van der Waals surface area contributed by atoms with E-state index in [2.05, 4.69) is 46.8 Å². The van der Waals surface area contributed by atoms with Crippen LogP contribution in [0, 0.1) is 6.92 Å². The van der Waals surface area contributed by atoms with Crippen molar-refractivity contribution in [3.63, 3.8) is 0 Å². The first kappa shape index (κ1) is 23.6. The molecule has 4 rings (SSSR count). The van der Waals surface area contributed by atoms with Crippen molar-refractivity contribution in [1.82, 2.24) is 4.90 Å². The van der Waals surface area contributed by atoms with Crippen LogP contribution in [0.3, 0.4) is 0 Å². The van der Waals surface area contributed by atoms with Crippen LogP contribution in [0.5, 0.6) is 0 Å². The Kier molecular flexibility index (Phi) is 5.52. The van der Waals surface area contributed by atoms with Gasteiger partial charge in [0, 0.05) is 24.9 Å². The molecule has 1 aromatic carbocycles. The van der Waals surface area contributed by atoms with Gasteiger partial charge < -0.3 is 14.7 Å². The number of carbonyl (C=O) groups is 1. The van der Waals surface area contributed by atoms with Gasteiger partial charge in [0.1, 0.15) is 5.60 Å². The highest BCUT2D eigenvalue weighted by Gasteiger charge is 2.50. The number of aliphatic hydroxyl groups is 1. The number of ether oxygens (including phenoxy) is 1. The minimum Gasteiger partial charge on any atom is -0.444 e. The Labute approximate surface area is 194 Å². The van der Waals surface area contributed by atoms with Gasteiger partial charge in [-0.15, -0.1) is 0 Å². The van der Waals surface area contributed by atoms with Crippen molar-refractivity contribution in [2.45, 2.75) is 134 Å². The minimum absolute atomic E-state index is 0.0298. The smallest absolute Gasteiger partial charge is 0.410 e. The van der Waals surface area contributed by atoms with Gasteiger partial charge in [0.15, 0.2) is 0 Å². The topological polar surface area (TPSA) is 49.8 Å². The van der Waals surface area contributed by atoms with Crippen molar-refractivity contribution in [3.8, 4) is 0 Å². The minimum atomic E-state index is -0.898. The summed E-state index contributed by atoms with van der Waals surface area (Å²) in [6.45, 7) is 17.3. The zero-order valence-corrected chi connectivity index (χ0v) is 21.5. The molecule has 4 heteroatoms. The lowest BCUT2D eigenvalue weighted by molar-refractivity contribution is -0.0968. The molecule has 2 aliphatic heterocycles. The molecule has 2 bridgehead atoms.